The summed E-state index contributed by atoms with van der Waals surface area (Å²) < 4.78 is 13.3. The van der Waals surface area contributed by atoms with E-state index < -0.39 is 0 Å². The number of fused-ring (bicyclic) bond motifs is 6. The third-order valence-corrected chi connectivity index (χ3v) is 12.3. The van der Waals surface area contributed by atoms with Crippen LogP contribution in [0.25, 0.3) is 99.5 Å². The molecule has 0 radical (unpaired) electrons. The molecular formula is C60H39NO2. The lowest BCUT2D eigenvalue weighted by molar-refractivity contribution is 0.669. The van der Waals surface area contributed by atoms with Crippen molar-refractivity contribution in [3.05, 3.63) is 237 Å². The number of para-hydroxylation sites is 3. The minimum absolute atomic E-state index is 0.881. The Kier molecular flexibility index (Phi) is 8.83. The van der Waals surface area contributed by atoms with Crippen molar-refractivity contribution in [2.24, 2.45) is 0 Å². The topological polar surface area (TPSA) is 29.5 Å². The van der Waals surface area contributed by atoms with Gasteiger partial charge >= 0.3 is 0 Å². The Balaban J connectivity index is 0.944. The maximum absolute atomic E-state index is 6.79. The Morgan fingerprint density at radius 3 is 1.22 bits per heavy atom. The van der Waals surface area contributed by atoms with Gasteiger partial charge in [0.05, 0.1) is 0 Å². The van der Waals surface area contributed by atoms with Gasteiger partial charge in [0.25, 0.3) is 0 Å². The molecule has 0 fully saturated rings. The highest BCUT2D eigenvalue weighted by Gasteiger charge is 2.19. The zero-order chi connectivity index (χ0) is 41.7. The molecule has 0 bridgehead atoms. The molecule has 0 amide bonds. The molecule has 0 saturated carbocycles. The second kappa shape index (κ2) is 15.3. The third kappa shape index (κ3) is 6.46. The van der Waals surface area contributed by atoms with Crippen LogP contribution in [0.4, 0.5) is 17.1 Å². The van der Waals surface area contributed by atoms with Crippen LogP contribution in [0.3, 0.4) is 0 Å². The lowest BCUT2D eigenvalue weighted by atomic mass is 9.94. The molecule has 3 heteroatoms. The highest BCUT2D eigenvalue weighted by Crippen LogP contribution is 2.44. The molecule has 0 saturated heterocycles. The zero-order valence-corrected chi connectivity index (χ0v) is 34.3. The normalized spacial score (nSPS) is 11.5. The van der Waals surface area contributed by atoms with E-state index in [0.717, 1.165) is 105 Å². The molecule has 0 aliphatic heterocycles. The minimum atomic E-state index is 0.881. The van der Waals surface area contributed by atoms with E-state index in [2.05, 4.69) is 223 Å². The molecule has 0 N–H and O–H groups in total. The fraction of sp³-hybridized carbons (Fsp3) is 0. The van der Waals surface area contributed by atoms with E-state index >= 15 is 0 Å². The van der Waals surface area contributed by atoms with Gasteiger partial charge in [-0.05, 0) is 99.1 Å². The summed E-state index contributed by atoms with van der Waals surface area (Å²) in [7, 11) is 0. The number of rotatable bonds is 8. The highest BCUT2D eigenvalue weighted by molar-refractivity contribution is 6.14. The number of hydrogen-bond acceptors (Lipinski definition) is 3. The van der Waals surface area contributed by atoms with Crippen LogP contribution >= 0.6 is 0 Å². The molecule has 0 atom stereocenters. The van der Waals surface area contributed by atoms with Crippen molar-refractivity contribution in [2.45, 2.75) is 0 Å². The summed E-state index contributed by atoms with van der Waals surface area (Å²) >= 11 is 0. The molecule has 2 aromatic heterocycles. The summed E-state index contributed by atoms with van der Waals surface area (Å²) in [6.45, 7) is 0. The van der Waals surface area contributed by atoms with Gasteiger partial charge in [0.2, 0.25) is 0 Å². The molecule has 0 aliphatic rings. The van der Waals surface area contributed by atoms with Gasteiger partial charge in [0.15, 0.2) is 0 Å². The van der Waals surface area contributed by atoms with E-state index in [1.54, 1.807) is 0 Å². The predicted molar refractivity (Wildman–Crippen MR) is 263 cm³/mol. The monoisotopic (exact) mass is 805 g/mol. The Morgan fingerprint density at radius 2 is 0.667 bits per heavy atom. The molecule has 63 heavy (non-hydrogen) atoms. The fourth-order valence-corrected chi connectivity index (χ4v) is 9.23. The van der Waals surface area contributed by atoms with E-state index in [1.807, 2.05) is 18.2 Å². The minimum Gasteiger partial charge on any atom is -0.456 e. The quantitative estimate of drug-likeness (QED) is 0.153. The Labute approximate surface area is 365 Å². The highest BCUT2D eigenvalue weighted by atomic mass is 16.3. The second-order valence-electron chi connectivity index (χ2n) is 16.0. The van der Waals surface area contributed by atoms with Gasteiger partial charge in [-0.1, -0.05) is 182 Å². The number of nitrogens with zero attached hydrogens (tertiary/aromatic N) is 1. The Hall–Kier alpha value is -8.40. The fourth-order valence-electron chi connectivity index (χ4n) is 9.23. The molecular weight excluding hydrogens is 767 g/mol. The van der Waals surface area contributed by atoms with E-state index in [9.17, 15) is 0 Å². The second-order valence-corrected chi connectivity index (χ2v) is 16.0. The van der Waals surface area contributed by atoms with E-state index in [0.29, 0.717) is 0 Å². The van der Waals surface area contributed by atoms with Gasteiger partial charge in [-0.25, -0.2) is 0 Å². The van der Waals surface area contributed by atoms with Crippen LogP contribution in [0.2, 0.25) is 0 Å². The maximum atomic E-state index is 6.79. The van der Waals surface area contributed by atoms with Crippen molar-refractivity contribution in [2.75, 3.05) is 4.90 Å². The van der Waals surface area contributed by atoms with Crippen LogP contribution in [-0.2, 0) is 0 Å². The number of benzene rings is 10. The SMILES string of the molecule is c1ccc(-c2ccc(N(c3ccc(-c4cc(-c5ccccc5)c5c(c4)oc4ccccc45)cc3)c3ccc(-c4cccc5c4oc4c(-c6ccccc6)cccc45)cc3)cc2)cc1. The molecule has 0 unspecified atom stereocenters. The van der Waals surface area contributed by atoms with E-state index in [1.165, 1.54) is 11.1 Å². The first-order valence-corrected chi connectivity index (χ1v) is 21.4. The molecule has 0 aliphatic carbocycles. The molecule has 296 valence electrons. The number of anilines is 3. The van der Waals surface area contributed by atoms with Gasteiger partial charge < -0.3 is 13.7 Å². The average molecular weight is 806 g/mol. The van der Waals surface area contributed by atoms with Crippen molar-refractivity contribution in [1.29, 1.82) is 0 Å². The molecule has 2 heterocycles. The van der Waals surface area contributed by atoms with Crippen LogP contribution in [0.1, 0.15) is 0 Å². The molecule has 10 aromatic carbocycles. The van der Waals surface area contributed by atoms with Crippen LogP contribution in [0.15, 0.2) is 245 Å². The van der Waals surface area contributed by atoms with E-state index in [-0.39, 0.29) is 0 Å². The van der Waals surface area contributed by atoms with Crippen LogP contribution < -0.4 is 4.90 Å². The van der Waals surface area contributed by atoms with Gasteiger partial charge in [-0.15, -0.1) is 0 Å². The summed E-state index contributed by atoms with van der Waals surface area (Å²) in [5.74, 6) is 0. The first-order valence-electron chi connectivity index (χ1n) is 21.4. The largest absolute Gasteiger partial charge is 0.456 e. The summed E-state index contributed by atoms with van der Waals surface area (Å²) in [6.07, 6.45) is 0. The summed E-state index contributed by atoms with van der Waals surface area (Å²) in [5, 5.41) is 4.49. The first kappa shape index (κ1) is 36.5. The molecule has 3 nitrogen and oxygen atoms in total. The average Bonchev–Trinajstić information content (AvgIpc) is 3.94. The lowest BCUT2D eigenvalue weighted by Gasteiger charge is -2.26. The Morgan fingerprint density at radius 1 is 0.254 bits per heavy atom. The Bertz CT molecular complexity index is 3570. The van der Waals surface area contributed by atoms with Crippen LogP contribution in [0.5, 0.6) is 0 Å². The van der Waals surface area contributed by atoms with Crippen molar-refractivity contribution >= 4 is 60.9 Å². The van der Waals surface area contributed by atoms with Crippen molar-refractivity contribution in [3.8, 4) is 55.6 Å². The summed E-state index contributed by atoms with van der Waals surface area (Å²) in [4.78, 5) is 2.33. The smallest absolute Gasteiger partial charge is 0.143 e. The number of furan rings is 2. The summed E-state index contributed by atoms with van der Waals surface area (Å²) in [6, 6.07) is 83.9. The summed E-state index contributed by atoms with van der Waals surface area (Å²) in [5.41, 5.74) is 18.0. The third-order valence-electron chi connectivity index (χ3n) is 12.3. The van der Waals surface area contributed by atoms with Gasteiger partial charge in [-0.3, -0.25) is 0 Å². The van der Waals surface area contributed by atoms with Crippen molar-refractivity contribution in [3.63, 3.8) is 0 Å². The number of hydrogen-bond donors (Lipinski definition) is 0. The predicted octanol–water partition coefficient (Wildman–Crippen LogP) is 17.3. The molecule has 12 aromatic rings. The van der Waals surface area contributed by atoms with E-state index in [4.69, 9.17) is 8.83 Å². The lowest BCUT2D eigenvalue weighted by Crippen LogP contribution is -2.09. The zero-order valence-electron chi connectivity index (χ0n) is 34.3. The standard InChI is InChI=1S/C60H39NO2/c1-4-14-40(15-5-1)41-26-32-47(33-27-41)61(48-34-28-42(29-35-48)46-38-55(44-18-8-3-9-19-44)58-54-20-10-11-25-56(54)62-57(58)39-46)49-36-30-45(31-37-49)51-22-13-24-53-52-23-12-21-50(59(52)63-60(51)53)43-16-6-2-7-17-43/h1-39H. The van der Waals surface area contributed by atoms with Crippen LogP contribution in [-0.4, -0.2) is 0 Å². The van der Waals surface area contributed by atoms with Crippen LogP contribution in [0, 0.1) is 0 Å². The molecule has 0 spiro atoms. The first-order chi connectivity index (χ1) is 31.2. The van der Waals surface area contributed by atoms with Gasteiger partial charge in [0, 0.05) is 49.7 Å². The van der Waals surface area contributed by atoms with Crippen molar-refractivity contribution < 1.29 is 8.83 Å². The van der Waals surface area contributed by atoms with Gasteiger partial charge in [-0.2, -0.15) is 0 Å². The molecule has 12 rings (SSSR count). The van der Waals surface area contributed by atoms with Gasteiger partial charge in [0.1, 0.15) is 22.3 Å². The van der Waals surface area contributed by atoms with Crippen molar-refractivity contribution in [1.82, 2.24) is 0 Å². The maximum Gasteiger partial charge on any atom is 0.143 e.